The molecule has 3 aromatic heterocycles. The van der Waals surface area contributed by atoms with Crippen LogP contribution in [0, 0.1) is 11.3 Å². The van der Waals surface area contributed by atoms with Gasteiger partial charge in [-0.05, 0) is 42.5 Å². The van der Waals surface area contributed by atoms with Gasteiger partial charge in [0, 0.05) is 49.5 Å². The van der Waals surface area contributed by atoms with Crippen LogP contribution >= 0.6 is 0 Å². The molecule has 1 saturated heterocycles. The second-order valence-corrected chi connectivity index (χ2v) is 9.60. The number of benzene rings is 1. The zero-order valence-electron chi connectivity index (χ0n) is 20.3. The third-order valence-electron chi connectivity index (χ3n) is 7.67. The summed E-state index contributed by atoms with van der Waals surface area (Å²) in [6, 6.07) is 16.6. The van der Waals surface area contributed by atoms with Gasteiger partial charge in [0.05, 0.1) is 18.7 Å². The van der Waals surface area contributed by atoms with E-state index in [9.17, 15) is 10.1 Å². The quantitative estimate of drug-likeness (QED) is 0.473. The number of hydrogen-bond acceptors (Lipinski definition) is 6. The van der Waals surface area contributed by atoms with Gasteiger partial charge in [0.25, 0.3) is 0 Å². The van der Waals surface area contributed by atoms with E-state index in [0.29, 0.717) is 35.6 Å². The van der Waals surface area contributed by atoms with Gasteiger partial charge in [-0.1, -0.05) is 24.3 Å². The maximum Gasteiger partial charge on any atom is 0.219 e. The van der Waals surface area contributed by atoms with E-state index in [1.165, 1.54) is 5.56 Å². The van der Waals surface area contributed by atoms with Crippen LogP contribution in [-0.2, 0) is 16.6 Å². The number of H-pyrrole nitrogens is 1. The first-order chi connectivity index (χ1) is 17.5. The molecule has 1 aromatic carbocycles. The fraction of sp³-hybridized carbons (Fsp3) is 0.321. The number of nitriles is 1. The molecule has 8 nitrogen and oxygen atoms in total. The van der Waals surface area contributed by atoms with Crippen molar-refractivity contribution in [1.29, 1.82) is 5.26 Å². The van der Waals surface area contributed by atoms with Crippen molar-refractivity contribution in [3.05, 3.63) is 71.2 Å². The van der Waals surface area contributed by atoms with Gasteiger partial charge in [-0.3, -0.25) is 14.9 Å². The van der Waals surface area contributed by atoms with Gasteiger partial charge in [0.1, 0.15) is 28.1 Å². The van der Waals surface area contributed by atoms with Crippen molar-refractivity contribution in [3.8, 4) is 23.1 Å². The highest BCUT2D eigenvalue weighted by molar-refractivity contribution is 5.90. The first kappa shape index (κ1) is 22.2. The van der Waals surface area contributed by atoms with Crippen LogP contribution in [0.15, 0.2) is 48.7 Å². The Kier molecular flexibility index (Phi) is 5.22. The maximum absolute atomic E-state index is 11.7. The zero-order chi connectivity index (χ0) is 24.9. The predicted molar refractivity (Wildman–Crippen MR) is 134 cm³/mol. The number of rotatable bonds is 4. The first-order valence-electron chi connectivity index (χ1n) is 12.2. The predicted octanol–water partition coefficient (Wildman–Crippen LogP) is 4.12. The minimum atomic E-state index is -0.877. The van der Waals surface area contributed by atoms with Gasteiger partial charge in [0.2, 0.25) is 5.91 Å². The largest absolute Gasteiger partial charge is 0.495 e. The van der Waals surface area contributed by atoms with E-state index in [1.807, 2.05) is 47.5 Å². The van der Waals surface area contributed by atoms with Gasteiger partial charge in [0.15, 0.2) is 0 Å². The SMILES string of the molecule is COc1cc2[nH]nc(-c3ccc(C4CCN(C(C)=O)C4)nc3)c2nc1C1(C#N)CCc2ccccc21. The zero-order valence-corrected chi connectivity index (χ0v) is 20.3. The molecule has 1 amide bonds. The molecule has 6 rings (SSSR count). The number of aromatic amines is 1. The lowest BCUT2D eigenvalue weighted by molar-refractivity contribution is -0.127. The number of carbonyl (C=O) groups is 1. The summed E-state index contributed by atoms with van der Waals surface area (Å²) >= 11 is 0. The molecule has 8 heteroatoms. The second-order valence-electron chi connectivity index (χ2n) is 9.60. The molecule has 36 heavy (non-hydrogen) atoms. The minimum absolute atomic E-state index is 0.106. The summed E-state index contributed by atoms with van der Waals surface area (Å²) in [5.74, 6) is 0.918. The lowest BCUT2D eigenvalue weighted by Gasteiger charge is -2.24. The number of carbonyl (C=O) groups excluding carboxylic acids is 1. The topological polar surface area (TPSA) is 108 Å². The van der Waals surface area contributed by atoms with Crippen LogP contribution in [0.5, 0.6) is 5.75 Å². The molecule has 180 valence electrons. The molecule has 1 N–H and O–H groups in total. The number of aromatic nitrogens is 4. The van der Waals surface area contributed by atoms with E-state index in [-0.39, 0.29) is 11.8 Å². The molecule has 1 aliphatic carbocycles. The highest BCUT2D eigenvalue weighted by atomic mass is 16.5. The van der Waals surface area contributed by atoms with Crippen LogP contribution in [0.2, 0.25) is 0 Å². The number of amides is 1. The molecule has 1 fully saturated rings. The minimum Gasteiger partial charge on any atom is -0.495 e. The molecule has 2 unspecified atom stereocenters. The normalized spacial score (nSPS) is 20.9. The standard InChI is InChI=1S/C28H26N6O2/c1-17(35)34-12-10-20(15-34)22-8-7-19(14-30-22)25-26-23(32-33-25)13-24(36-2)27(31-26)28(16-29)11-9-18-5-3-4-6-21(18)28/h3-8,13-14,20H,9-12,15H2,1-2H3,(H,32,33). The van der Waals surface area contributed by atoms with Gasteiger partial charge in [-0.2, -0.15) is 10.4 Å². The number of fused-ring (bicyclic) bond motifs is 2. The van der Waals surface area contributed by atoms with Crippen molar-refractivity contribution in [1.82, 2.24) is 25.1 Å². The van der Waals surface area contributed by atoms with Crippen LogP contribution < -0.4 is 4.74 Å². The summed E-state index contributed by atoms with van der Waals surface area (Å²) in [5.41, 5.74) is 5.83. The number of ether oxygens (including phenoxy) is 1. The molecule has 0 saturated carbocycles. The van der Waals surface area contributed by atoms with Crippen molar-refractivity contribution < 1.29 is 9.53 Å². The van der Waals surface area contributed by atoms with Crippen molar-refractivity contribution in [2.75, 3.05) is 20.2 Å². The summed E-state index contributed by atoms with van der Waals surface area (Å²) < 4.78 is 5.72. The Hall–Kier alpha value is -4.25. The summed E-state index contributed by atoms with van der Waals surface area (Å²) in [6.07, 6.45) is 4.20. The molecule has 1 aliphatic heterocycles. The lowest BCUT2D eigenvalue weighted by atomic mass is 9.79. The highest BCUT2D eigenvalue weighted by Gasteiger charge is 2.44. The van der Waals surface area contributed by atoms with E-state index in [1.54, 1.807) is 14.0 Å². The number of aryl methyl sites for hydroxylation is 1. The monoisotopic (exact) mass is 478 g/mol. The van der Waals surface area contributed by atoms with Crippen molar-refractivity contribution in [2.45, 2.75) is 37.5 Å². The summed E-state index contributed by atoms with van der Waals surface area (Å²) in [5, 5.41) is 18.0. The summed E-state index contributed by atoms with van der Waals surface area (Å²) in [7, 11) is 1.61. The van der Waals surface area contributed by atoms with Crippen molar-refractivity contribution in [3.63, 3.8) is 0 Å². The third-order valence-corrected chi connectivity index (χ3v) is 7.67. The average Bonchev–Trinajstić information content (AvgIpc) is 3.65. The fourth-order valence-corrected chi connectivity index (χ4v) is 5.69. The van der Waals surface area contributed by atoms with Crippen molar-refractivity contribution >= 4 is 16.9 Å². The Balaban J connectivity index is 1.41. The highest BCUT2D eigenvalue weighted by Crippen LogP contribution is 2.47. The Morgan fingerprint density at radius 1 is 1.28 bits per heavy atom. The number of methoxy groups -OCH3 is 1. The number of nitrogens with one attached hydrogen (secondary N) is 1. The van der Waals surface area contributed by atoms with E-state index >= 15 is 0 Å². The molecule has 0 bridgehead atoms. The molecule has 0 radical (unpaired) electrons. The first-order valence-corrected chi connectivity index (χ1v) is 12.2. The van der Waals surface area contributed by atoms with E-state index in [2.05, 4.69) is 22.3 Å². The van der Waals surface area contributed by atoms with Crippen LogP contribution in [0.3, 0.4) is 0 Å². The smallest absolute Gasteiger partial charge is 0.219 e. The Bertz CT molecular complexity index is 1520. The second kappa shape index (κ2) is 8.45. The number of nitrogens with zero attached hydrogens (tertiary/aromatic N) is 5. The third kappa shape index (κ3) is 3.34. The van der Waals surface area contributed by atoms with E-state index < -0.39 is 5.41 Å². The fourth-order valence-electron chi connectivity index (χ4n) is 5.69. The van der Waals surface area contributed by atoms with Gasteiger partial charge in [-0.25, -0.2) is 4.98 Å². The Labute approximate surface area is 208 Å². The Morgan fingerprint density at radius 3 is 2.86 bits per heavy atom. The summed E-state index contributed by atoms with van der Waals surface area (Å²) in [6.45, 7) is 3.08. The van der Waals surface area contributed by atoms with Crippen LogP contribution in [0.1, 0.15) is 48.2 Å². The molecule has 0 spiro atoms. The van der Waals surface area contributed by atoms with E-state index in [4.69, 9.17) is 14.7 Å². The molecule has 2 atom stereocenters. The van der Waals surface area contributed by atoms with Crippen LogP contribution in [0.4, 0.5) is 0 Å². The van der Waals surface area contributed by atoms with E-state index in [0.717, 1.165) is 41.7 Å². The summed E-state index contributed by atoms with van der Waals surface area (Å²) in [4.78, 5) is 23.3. The lowest BCUT2D eigenvalue weighted by Crippen LogP contribution is -2.25. The molecule has 4 heterocycles. The van der Waals surface area contributed by atoms with Crippen LogP contribution in [0.25, 0.3) is 22.3 Å². The molecule has 4 aromatic rings. The van der Waals surface area contributed by atoms with Crippen molar-refractivity contribution in [2.24, 2.45) is 0 Å². The molecular weight excluding hydrogens is 452 g/mol. The number of hydrogen-bond donors (Lipinski definition) is 1. The maximum atomic E-state index is 11.7. The molecule has 2 aliphatic rings. The number of pyridine rings is 2. The number of likely N-dealkylation sites (tertiary alicyclic amines) is 1. The van der Waals surface area contributed by atoms with Gasteiger partial charge < -0.3 is 9.64 Å². The van der Waals surface area contributed by atoms with Gasteiger partial charge in [-0.15, -0.1) is 0 Å². The Morgan fingerprint density at radius 2 is 2.14 bits per heavy atom. The van der Waals surface area contributed by atoms with Gasteiger partial charge >= 0.3 is 0 Å². The average molecular weight is 479 g/mol. The molecular formula is C28H26N6O2. The van der Waals surface area contributed by atoms with Crippen LogP contribution in [-0.4, -0.2) is 51.2 Å².